The molecular weight excluding hydrogens is 412 g/mol. The van der Waals surface area contributed by atoms with Crippen molar-refractivity contribution in [3.8, 4) is 0 Å². The van der Waals surface area contributed by atoms with E-state index in [0.717, 1.165) is 46.1 Å². The van der Waals surface area contributed by atoms with Gasteiger partial charge in [0.2, 0.25) is 0 Å². The van der Waals surface area contributed by atoms with E-state index >= 15 is 0 Å². The maximum absolute atomic E-state index is 11.8. The largest absolute Gasteiger partial charge is 0.702 e. The Labute approximate surface area is 166 Å². The molecule has 0 saturated heterocycles. The molecule has 158 valence electrons. The highest BCUT2D eigenvalue weighted by atomic mass is 28.4. The average molecular weight is 430 g/mol. The van der Waals surface area contributed by atoms with E-state index in [0.29, 0.717) is 18.2 Å². The van der Waals surface area contributed by atoms with Crippen molar-refractivity contribution in [3.05, 3.63) is 36.5 Å². The van der Waals surface area contributed by atoms with Gasteiger partial charge in [-0.15, -0.1) is 0 Å². The third kappa shape index (κ3) is 11.5. The number of hydrogen-bond acceptors (Lipinski definition) is 12. The number of rotatable bonds is 9. The zero-order valence-corrected chi connectivity index (χ0v) is 16.9. The SMILES string of the molecule is COC(=O)C=CC(=O)O[Si](C)(OC(=O)C=CC(=O)OC)OC(=O)C=CC(=O)OC. The number of hydrogen-bond donors (Lipinski definition) is 0. The summed E-state index contributed by atoms with van der Waals surface area (Å²) in [6.45, 7) is 1.00. The second-order valence-corrected chi connectivity index (χ2v) is 7.03. The molecule has 0 bridgehead atoms. The summed E-state index contributed by atoms with van der Waals surface area (Å²) in [4.78, 5) is 68.5. The monoisotopic (exact) mass is 430 g/mol. The van der Waals surface area contributed by atoms with Gasteiger partial charge in [0.15, 0.2) is 0 Å². The fraction of sp³-hybridized carbons (Fsp3) is 0.250. The van der Waals surface area contributed by atoms with Crippen molar-refractivity contribution in [2.24, 2.45) is 0 Å². The van der Waals surface area contributed by atoms with Crippen molar-refractivity contribution in [3.63, 3.8) is 0 Å². The predicted octanol–water partition coefficient (Wildman–Crippen LogP) is -0.628. The van der Waals surface area contributed by atoms with Gasteiger partial charge in [0.25, 0.3) is 0 Å². The smallest absolute Gasteiger partial charge is 0.466 e. The molecule has 0 rings (SSSR count). The molecule has 13 heteroatoms. The second kappa shape index (κ2) is 12.6. The van der Waals surface area contributed by atoms with Crippen LogP contribution in [0.4, 0.5) is 0 Å². The van der Waals surface area contributed by atoms with Crippen LogP contribution in [-0.2, 0) is 56.3 Å². The molecule has 0 unspecified atom stereocenters. The lowest BCUT2D eigenvalue weighted by atomic mass is 10.5. The normalized spacial score (nSPS) is 12.8. The summed E-state index contributed by atoms with van der Waals surface area (Å²) in [5.41, 5.74) is 0. The van der Waals surface area contributed by atoms with Crippen LogP contribution in [0.1, 0.15) is 0 Å². The van der Waals surface area contributed by atoms with Crippen LogP contribution in [0, 0.1) is 0 Å². The molecule has 0 amide bonds. The molecule has 0 fully saturated rings. The van der Waals surface area contributed by atoms with Crippen LogP contribution in [0.2, 0.25) is 6.55 Å². The van der Waals surface area contributed by atoms with E-state index in [1.807, 2.05) is 0 Å². The molecule has 0 aromatic carbocycles. The van der Waals surface area contributed by atoms with Crippen molar-refractivity contribution >= 4 is 44.6 Å². The standard InChI is InChI=1S/C16H18O12Si/c1-23-11(17)5-8-14(20)26-29(4,27-15(21)9-6-12(18)24-2)28-16(22)10-7-13(19)25-3/h5-10H,1-4H3. The lowest BCUT2D eigenvalue weighted by Crippen LogP contribution is -2.46. The molecule has 0 atom stereocenters. The topological polar surface area (TPSA) is 158 Å². The molecule has 0 radical (unpaired) electrons. The molecule has 29 heavy (non-hydrogen) atoms. The maximum Gasteiger partial charge on any atom is 0.702 e. The zero-order chi connectivity index (χ0) is 22.4. The van der Waals surface area contributed by atoms with Crippen molar-refractivity contribution in [1.29, 1.82) is 0 Å². The quantitative estimate of drug-likeness (QED) is 0.198. The third-order valence-electron chi connectivity index (χ3n) is 2.53. The summed E-state index contributed by atoms with van der Waals surface area (Å²) in [7, 11) is -1.13. The first-order valence-corrected chi connectivity index (χ1v) is 9.74. The highest BCUT2D eigenvalue weighted by Gasteiger charge is 2.46. The Morgan fingerprint density at radius 3 is 0.897 bits per heavy atom. The second-order valence-electron chi connectivity index (χ2n) is 4.70. The van der Waals surface area contributed by atoms with E-state index in [4.69, 9.17) is 13.3 Å². The van der Waals surface area contributed by atoms with E-state index in [9.17, 15) is 28.8 Å². The number of esters is 3. The summed E-state index contributed by atoms with van der Waals surface area (Å²) in [6, 6.07) is 0. The number of methoxy groups -OCH3 is 3. The van der Waals surface area contributed by atoms with Crippen LogP contribution < -0.4 is 0 Å². The molecule has 0 aliphatic carbocycles. The Bertz CT molecular complexity index is 651. The van der Waals surface area contributed by atoms with Crippen molar-refractivity contribution in [2.45, 2.75) is 6.55 Å². The Balaban J connectivity index is 5.41. The first kappa shape index (κ1) is 25.3. The lowest BCUT2D eigenvalue weighted by molar-refractivity contribution is -0.145. The van der Waals surface area contributed by atoms with Crippen molar-refractivity contribution in [2.75, 3.05) is 21.3 Å². The van der Waals surface area contributed by atoms with Crippen LogP contribution in [0.5, 0.6) is 0 Å². The fourth-order valence-corrected chi connectivity index (χ4v) is 2.75. The number of carbonyl (C=O) groups is 6. The van der Waals surface area contributed by atoms with Gasteiger partial charge in [0, 0.05) is 43.0 Å². The van der Waals surface area contributed by atoms with Gasteiger partial charge in [-0.1, -0.05) is 0 Å². The van der Waals surface area contributed by atoms with Gasteiger partial charge in [-0.25, -0.2) is 28.8 Å². The summed E-state index contributed by atoms with van der Waals surface area (Å²) in [6.07, 6.45) is 4.09. The number of carbonyl (C=O) groups excluding carboxylic acids is 6. The Morgan fingerprint density at radius 2 is 0.690 bits per heavy atom. The molecule has 0 saturated carbocycles. The van der Waals surface area contributed by atoms with Crippen molar-refractivity contribution in [1.82, 2.24) is 0 Å². The molecule has 0 spiro atoms. The van der Waals surface area contributed by atoms with Gasteiger partial charge in [-0.2, -0.15) is 0 Å². The van der Waals surface area contributed by atoms with Gasteiger partial charge in [0.1, 0.15) is 0 Å². The van der Waals surface area contributed by atoms with E-state index in [-0.39, 0.29) is 0 Å². The minimum absolute atomic E-state index is 0.646. The first-order valence-electron chi connectivity index (χ1n) is 7.52. The van der Waals surface area contributed by atoms with Gasteiger partial charge in [-0.05, 0) is 0 Å². The molecule has 0 aromatic rings. The third-order valence-corrected chi connectivity index (χ3v) is 4.24. The molecule has 12 nitrogen and oxygen atoms in total. The van der Waals surface area contributed by atoms with Crippen molar-refractivity contribution < 1.29 is 56.3 Å². The maximum atomic E-state index is 11.8. The van der Waals surface area contributed by atoms with Crippen LogP contribution in [0.3, 0.4) is 0 Å². The Morgan fingerprint density at radius 1 is 0.483 bits per heavy atom. The van der Waals surface area contributed by atoms with Gasteiger partial charge < -0.3 is 27.5 Å². The number of ether oxygens (including phenoxy) is 3. The molecule has 0 aliphatic rings. The van der Waals surface area contributed by atoms with Crippen LogP contribution in [0.25, 0.3) is 0 Å². The summed E-state index contributed by atoms with van der Waals surface area (Å²) < 4.78 is 27.5. The minimum atomic E-state index is -4.34. The van der Waals surface area contributed by atoms with Gasteiger partial charge in [-0.3, -0.25) is 0 Å². The zero-order valence-electron chi connectivity index (χ0n) is 15.9. The van der Waals surface area contributed by atoms with E-state index in [1.54, 1.807) is 0 Å². The summed E-state index contributed by atoms with van der Waals surface area (Å²) in [5.74, 6) is -6.21. The molecular formula is C16H18O12Si. The van der Waals surface area contributed by atoms with E-state index in [2.05, 4.69) is 14.2 Å². The summed E-state index contributed by atoms with van der Waals surface area (Å²) >= 11 is 0. The molecule has 0 heterocycles. The summed E-state index contributed by atoms with van der Waals surface area (Å²) in [5, 5.41) is 0. The average Bonchev–Trinajstić information content (AvgIpc) is 2.67. The van der Waals surface area contributed by atoms with Crippen LogP contribution >= 0.6 is 0 Å². The van der Waals surface area contributed by atoms with Crippen LogP contribution in [0.15, 0.2) is 36.5 Å². The molecule has 0 aliphatic heterocycles. The molecule has 0 N–H and O–H groups in total. The van der Waals surface area contributed by atoms with Gasteiger partial charge >= 0.3 is 44.6 Å². The Hall–Kier alpha value is -3.74. The molecule has 0 aromatic heterocycles. The lowest BCUT2D eigenvalue weighted by Gasteiger charge is -2.22. The fourth-order valence-electron chi connectivity index (χ4n) is 1.33. The highest BCUT2D eigenvalue weighted by molar-refractivity contribution is 6.64. The highest BCUT2D eigenvalue weighted by Crippen LogP contribution is 2.12. The Kier molecular flexibility index (Phi) is 11.0. The van der Waals surface area contributed by atoms with Crippen LogP contribution in [-0.4, -0.2) is 65.9 Å². The first-order chi connectivity index (χ1) is 13.5. The van der Waals surface area contributed by atoms with E-state index in [1.165, 1.54) is 0 Å². The van der Waals surface area contributed by atoms with E-state index < -0.39 is 44.6 Å². The minimum Gasteiger partial charge on any atom is -0.466 e. The van der Waals surface area contributed by atoms with Gasteiger partial charge in [0.05, 0.1) is 21.3 Å². The predicted molar refractivity (Wildman–Crippen MR) is 93.4 cm³/mol.